The molecule has 0 aliphatic carbocycles. The summed E-state index contributed by atoms with van der Waals surface area (Å²) < 4.78 is 13.3. The zero-order valence-corrected chi connectivity index (χ0v) is 9.22. The van der Waals surface area contributed by atoms with E-state index in [2.05, 4.69) is 4.98 Å². The number of fused-ring (bicyclic) bond motifs is 1. The normalized spacial score (nSPS) is 10.6. The number of aromatic nitrogens is 1. The van der Waals surface area contributed by atoms with Crippen molar-refractivity contribution in [1.29, 1.82) is 5.41 Å². The van der Waals surface area contributed by atoms with E-state index in [1.54, 1.807) is 12.3 Å². The van der Waals surface area contributed by atoms with E-state index in [9.17, 15) is 4.39 Å². The van der Waals surface area contributed by atoms with Crippen molar-refractivity contribution < 1.29 is 4.39 Å². The maximum atomic E-state index is 13.3. The standard InChI is InChI=1S/C11H10FN3S/c12-9-4-7-2-1-3-15-10(7)8(5-9)6-16-11(13)14/h1-5H,6H2,(H3,13,14). The van der Waals surface area contributed by atoms with Gasteiger partial charge in [-0.1, -0.05) is 17.8 Å². The third-order valence-corrected chi connectivity index (χ3v) is 2.90. The summed E-state index contributed by atoms with van der Waals surface area (Å²) in [5.74, 6) is 0.167. The SMILES string of the molecule is N=C(N)SCc1cc(F)cc2cccnc12. The molecule has 0 atom stereocenters. The van der Waals surface area contributed by atoms with E-state index in [4.69, 9.17) is 11.1 Å². The van der Waals surface area contributed by atoms with E-state index in [0.717, 1.165) is 28.2 Å². The minimum atomic E-state index is -0.292. The van der Waals surface area contributed by atoms with Gasteiger partial charge in [0.1, 0.15) is 5.82 Å². The van der Waals surface area contributed by atoms with Crippen LogP contribution in [0.1, 0.15) is 5.56 Å². The molecule has 0 saturated heterocycles. The second-order valence-corrected chi connectivity index (χ2v) is 4.31. The first-order valence-electron chi connectivity index (χ1n) is 4.67. The van der Waals surface area contributed by atoms with Crippen LogP contribution in [0.2, 0.25) is 0 Å². The van der Waals surface area contributed by atoms with Crippen LogP contribution in [0.25, 0.3) is 10.9 Å². The summed E-state index contributed by atoms with van der Waals surface area (Å²) in [6.07, 6.45) is 1.67. The maximum absolute atomic E-state index is 13.3. The molecule has 0 amide bonds. The topological polar surface area (TPSA) is 62.8 Å². The van der Waals surface area contributed by atoms with Crippen LogP contribution in [0.4, 0.5) is 4.39 Å². The molecule has 5 heteroatoms. The number of nitrogens with zero attached hydrogens (tertiary/aromatic N) is 1. The van der Waals surface area contributed by atoms with Gasteiger partial charge in [0.2, 0.25) is 0 Å². The monoisotopic (exact) mass is 235 g/mol. The Morgan fingerprint density at radius 3 is 3.06 bits per heavy atom. The van der Waals surface area contributed by atoms with Crippen molar-refractivity contribution in [3.8, 4) is 0 Å². The highest BCUT2D eigenvalue weighted by Crippen LogP contribution is 2.22. The van der Waals surface area contributed by atoms with Crippen molar-refractivity contribution in [1.82, 2.24) is 4.98 Å². The van der Waals surface area contributed by atoms with Crippen LogP contribution in [-0.2, 0) is 5.75 Å². The van der Waals surface area contributed by atoms with E-state index in [1.165, 1.54) is 12.1 Å². The minimum absolute atomic E-state index is 0.0216. The fraction of sp³-hybridized carbons (Fsp3) is 0.0909. The quantitative estimate of drug-likeness (QED) is 0.621. The van der Waals surface area contributed by atoms with Gasteiger partial charge in [0, 0.05) is 17.3 Å². The summed E-state index contributed by atoms with van der Waals surface area (Å²) in [4.78, 5) is 4.21. The molecule has 0 aliphatic heterocycles. The molecule has 16 heavy (non-hydrogen) atoms. The molecule has 0 fully saturated rings. The lowest BCUT2D eigenvalue weighted by molar-refractivity contribution is 0.628. The Labute approximate surface area is 96.4 Å². The number of hydrogen-bond donors (Lipinski definition) is 2. The molecule has 3 nitrogen and oxygen atoms in total. The molecule has 1 aromatic heterocycles. The van der Waals surface area contributed by atoms with E-state index >= 15 is 0 Å². The summed E-state index contributed by atoms with van der Waals surface area (Å²) in [5.41, 5.74) is 6.78. The first-order chi connectivity index (χ1) is 7.66. The number of rotatable bonds is 2. The van der Waals surface area contributed by atoms with Crippen LogP contribution in [0, 0.1) is 11.2 Å². The molecule has 2 rings (SSSR count). The largest absolute Gasteiger partial charge is 0.379 e. The van der Waals surface area contributed by atoms with E-state index < -0.39 is 0 Å². The van der Waals surface area contributed by atoms with Gasteiger partial charge in [-0.15, -0.1) is 0 Å². The van der Waals surface area contributed by atoms with E-state index in [1.807, 2.05) is 6.07 Å². The summed E-state index contributed by atoms with van der Waals surface area (Å²) in [6, 6.07) is 6.46. The van der Waals surface area contributed by atoms with Crippen LogP contribution in [-0.4, -0.2) is 10.2 Å². The second kappa shape index (κ2) is 4.49. The highest BCUT2D eigenvalue weighted by atomic mass is 32.2. The summed E-state index contributed by atoms with van der Waals surface area (Å²) in [5, 5.41) is 7.92. The number of thioether (sulfide) groups is 1. The molecule has 2 aromatic rings. The molecule has 0 unspecified atom stereocenters. The molecule has 3 N–H and O–H groups in total. The maximum Gasteiger partial charge on any atom is 0.151 e. The number of hydrogen-bond acceptors (Lipinski definition) is 3. The highest BCUT2D eigenvalue weighted by Gasteiger charge is 2.05. The third-order valence-electron chi connectivity index (χ3n) is 2.13. The average Bonchev–Trinajstić information content (AvgIpc) is 2.25. The van der Waals surface area contributed by atoms with Crippen LogP contribution >= 0.6 is 11.8 Å². The van der Waals surface area contributed by atoms with Crippen molar-refractivity contribution in [3.63, 3.8) is 0 Å². The Morgan fingerprint density at radius 2 is 2.31 bits per heavy atom. The van der Waals surface area contributed by atoms with Crippen molar-refractivity contribution in [3.05, 3.63) is 41.8 Å². The summed E-state index contributed by atoms with van der Waals surface area (Å²) in [6.45, 7) is 0. The molecule has 82 valence electrons. The highest BCUT2D eigenvalue weighted by molar-refractivity contribution is 8.13. The minimum Gasteiger partial charge on any atom is -0.379 e. The lowest BCUT2D eigenvalue weighted by Crippen LogP contribution is -2.04. The number of benzene rings is 1. The predicted molar refractivity (Wildman–Crippen MR) is 64.9 cm³/mol. The fourth-order valence-corrected chi connectivity index (χ4v) is 2.02. The van der Waals surface area contributed by atoms with Crippen molar-refractivity contribution in [2.45, 2.75) is 5.75 Å². The molecule has 1 heterocycles. The number of amidine groups is 1. The molecular weight excluding hydrogens is 225 g/mol. The zero-order valence-electron chi connectivity index (χ0n) is 8.40. The number of nitrogens with one attached hydrogen (secondary N) is 1. The van der Waals surface area contributed by atoms with Crippen molar-refractivity contribution in [2.24, 2.45) is 5.73 Å². The van der Waals surface area contributed by atoms with E-state index in [0.29, 0.717) is 5.75 Å². The first-order valence-corrected chi connectivity index (χ1v) is 5.65. The fourth-order valence-electron chi connectivity index (χ4n) is 1.49. The molecular formula is C11H10FN3S. The molecule has 0 bridgehead atoms. The Kier molecular flexibility index (Phi) is 3.05. The Bertz CT molecular complexity index is 542. The zero-order chi connectivity index (χ0) is 11.5. The number of nitrogens with two attached hydrogens (primary N) is 1. The number of pyridine rings is 1. The predicted octanol–water partition coefficient (Wildman–Crippen LogP) is 2.50. The van der Waals surface area contributed by atoms with Crippen molar-refractivity contribution in [2.75, 3.05) is 0 Å². The van der Waals surface area contributed by atoms with Gasteiger partial charge >= 0.3 is 0 Å². The van der Waals surface area contributed by atoms with Crippen LogP contribution in [0.15, 0.2) is 30.5 Å². The molecule has 0 saturated carbocycles. The van der Waals surface area contributed by atoms with Gasteiger partial charge in [-0.2, -0.15) is 0 Å². The van der Waals surface area contributed by atoms with Gasteiger partial charge in [0.25, 0.3) is 0 Å². The van der Waals surface area contributed by atoms with Gasteiger partial charge < -0.3 is 5.73 Å². The first kappa shape index (κ1) is 10.9. The molecule has 1 aromatic carbocycles. The molecule has 0 aliphatic rings. The van der Waals surface area contributed by atoms with Crippen LogP contribution in [0.3, 0.4) is 0 Å². The summed E-state index contributed by atoms with van der Waals surface area (Å²) in [7, 11) is 0. The third kappa shape index (κ3) is 2.30. The lowest BCUT2D eigenvalue weighted by atomic mass is 10.1. The summed E-state index contributed by atoms with van der Waals surface area (Å²) >= 11 is 1.16. The number of halogens is 1. The Balaban J connectivity index is 2.46. The second-order valence-electron chi connectivity index (χ2n) is 3.29. The van der Waals surface area contributed by atoms with Crippen LogP contribution in [0.5, 0.6) is 0 Å². The molecule has 0 radical (unpaired) electrons. The van der Waals surface area contributed by atoms with Gasteiger partial charge in [0.05, 0.1) is 5.52 Å². The van der Waals surface area contributed by atoms with Crippen molar-refractivity contribution >= 4 is 27.8 Å². The van der Waals surface area contributed by atoms with E-state index in [-0.39, 0.29) is 11.0 Å². The molecule has 0 spiro atoms. The smallest absolute Gasteiger partial charge is 0.151 e. The van der Waals surface area contributed by atoms with Gasteiger partial charge in [0.15, 0.2) is 5.17 Å². The lowest BCUT2D eigenvalue weighted by Gasteiger charge is -2.05. The van der Waals surface area contributed by atoms with Gasteiger partial charge in [-0.25, -0.2) is 4.39 Å². The average molecular weight is 235 g/mol. The van der Waals surface area contributed by atoms with Gasteiger partial charge in [-0.05, 0) is 23.8 Å². The Morgan fingerprint density at radius 1 is 1.50 bits per heavy atom. The van der Waals surface area contributed by atoms with Crippen LogP contribution < -0.4 is 5.73 Å². The van der Waals surface area contributed by atoms with Gasteiger partial charge in [-0.3, -0.25) is 10.4 Å². The Hall–Kier alpha value is -1.62.